The first kappa shape index (κ1) is 18.0. The Labute approximate surface area is 149 Å². The van der Waals surface area contributed by atoms with Gasteiger partial charge in [-0.15, -0.1) is 0 Å². The van der Waals surface area contributed by atoms with Crippen molar-refractivity contribution in [3.8, 4) is 0 Å². The lowest BCUT2D eigenvalue weighted by atomic mass is 10.0. The van der Waals surface area contributed by atoms with Crippen LogP contribution in [0.5, 0.6) is 0 Å². The lowest BCUT2D eigenvalue weighted by molar-refractivity contribution is -0.137. The van der Waals surface area contributed by atoms with E-state index in [1.54, 1.807) is 12.1 Å². The Kier molecular flexibility index (Phi) is 5.51. The molecule has 0 fully saturated rings. The standard InChI is InChI=1S/C15H11ClF3IN2O/c16-11-6-9(15(17,18)19)7-22-12(11)5-4-8-2-1-3-10(13(8)20)14(21)23/h1-3,6-7H,4-5H2,(H2,21,23). The summed E-state index contributed by atoms with van der Waals surface area (Å²) in [4.78, 5) is 15.1. The second-order valence-corrected chi connectivity index (χ2v) is 6.28. The zero-order valence-electron chi connectivity index (χ0n) is 11.6. The molecule has 1 aromatic heterocycles. The zero-order chi connectivity index (χ0) is 17.2. The monoisotopic (exact) mass is 454 g/mol. The molecule has 23 heavy (non-hydrogen) atoms. The molecule has 0 unspecified atom stereocenters. The average Bonchev–Trinajstić information content (AvgIpc) is 2.46. The highest BCUT2D eigenvalue weighted by Gasteiger charge is 2.31. The van der Waals surface area contributed by atoms with E-state index in [0.29, 0.717) is 24.1 Å². The van der Waals surface area contributed by atoms with Crippen LogP contribution in [0.2, 0.25) is 5.02 Å². The maximum absolute atomic E-state index is 12.6. The summed E-state index contributed by atoms with van der Waals surface area (Å²) in [6, 6.07) is 6.03. The molecule has 2 aromatic rings. The van der Waals surface area contributed by atoms with Crippen molar-refractivity contribution in [3.63, 3.8) is 0 Å². The molecular formula is C15H11ClF3IN2O. The topological polar surface area (TPSA) is 56.0 Å². The molecule has 0 bridgehead atoms. The normalized spacial score (nSPS) is 11.5. The van der Waals surface area contributed by atoms with Crippen molar-refractivity contribution >= 4 is 40.1 Å². The quantitative estimate of drug-likeness (QED) is 0.703. The number of aryl methyl sites for hydroxylation is 2. The van der Waals surface area contributed by atoms with Gasteiger partial charge in [-0.05, 0) is 53.1 Å². The largest absolute Gasteiger partial charge is 0.417 e. The Hall–Kier alpha value is -1.35. The van der Waals surface area contributed by atoms with E-state index < -0.39 is 17.6 Å². The van der Waals surface area contributed by atoms with Crippen LogP contribution < -0.4 is 5.73 Å². The van der Waals surface area contributed by atoms with Gasteiger partial charge in [-0.2, -0.15) is 13.2 Å². The summed E-state index contributed by atoms with van der Waals surface area (Å²) >= 11 is 7.91. The summed E-state index contributed by atoms with van der Waals surface area (Å²) in [6.07, 6.45) is -2.86. The van der Waals surface area contributed by atoms with Gasteiger partial charge in [0.25, 0.3) is 0 Å². The van der Waals surface area contributed by atoms with Gasteiger partial charge in [-0.1, -0.05) is 23.7 Å². The first-order valence-corrected chi connectivity index (χ1v) is 7.94. The zero-order valence-corrected chi connectivity index (χ0v) is 14.5. The summed E-state index contributed by atoms with van der Waals surface area (Å²) in [5.41, 5.74) is 6.06. The number of alkyl halides is 3. The van der Waals surface area contributed by atoms with E-state index in [1.807, 2.05) is 28.7 Å². The summed E-state index contributed by atoms with van der Waals surface area (Å²) in [7, 11) is 0. The van der Waals surface area contributed by atoms with Gasteiger partial charge >= 0.3 is 6.18 Å². The van der Waals surface area contributed by atoms with Crippen LogP contribution in [0.1, 0.15) is 27.2 Å². The summed E-state index contributed by atoms with van der Waals surface area (Å²) < 4.78 is 38.5. The average molecular weight is 455 g/mol. The highest BCUT2D eigenvalue weighted by Crippen LogP contribution is 2.31. The third-order valence-corrected chi connectivity index (χ3v) is 4.82. The molecule has 0 aliphatic carbocycles. The van der Waals surface area contributed by atoms with E-state index >= 15 is 0 Å². The minimum Gasteiger partial charge on any atom is -0.366 e. The number of primary amides is 1. The minimum atomic E-state index is -4.47. The van der Waals surface area contributed by atoms with E-state index in [2.05, 4.69) is 4.98 Å². The highest BCUT2D eigenvalue weighted by atomic mass is 127. The molecule has 8 heteroatoms. The van der Waals surface area contributed by atoms with Crippen molar-refractivity contribution in [2.24, 2.45) is 5.73 Å². The molecule has 1 amide bonds. The lowest BCUT2D eigenvalue weighted by Gasteiger charge is -2.10. The molecular weight excluding hydrogens is 444 g/mol. The number of carbonyl (C=O) groups is 1. The van der Waals surface area contributed by atoms with Crippen molar-refractivity contribution in [2.75, 3.05) is 0 Å². The maximum atomic E-state index is 12.6. The van der Waals surface area contributed by atoms with Crippen LogP contribution in [-0.4, -0.2) is 10.9 Å². The predicted molar refractivity (Wildman–Crippen MR) is 89.3 cm³/mol. The number of carbonyl (C=O) groups excluding carboxylic acids is 1. The van der Waals surface area contributed by atoms with Crippen LogP contribution in [0, 0.1) is 3.57 Å². The Morgan fingerprint density at radius 1 is 1.30 bits per heavy atom. The van der Waals surface area contributed by atoms with Gasteiger partial charge in [0.2, 0.25) is 5.91 Å². The molecule has 0 spiro atoms. The fourth-order valence-corrected chi connectivity index (χ4v) is 3.18. The summed E-state index contributed by atoms with van der Waals surface area (Å²) in [5.74, 6) is -0.526. The predicted octanol–water partition coefficient (Wildman–Crippen LogP) is 4.24. The van der Waals surface area contributed by atoms with Crippen molar-refractivity contribution in [2.45, 2.75) is 19.0 Å². The minimum absolute atomic E-state index is 0.0270. The second kappa shape index (κ2) is 7.04. The molecule has 0 atom stereocenters. The number of hydrogen-bond acceptors (Lipinski definition) is 2. The fourth-order valence-electron chi connectivity index (χ4n) is 2.02. The third-order valence-electron chi connectivity index (χ3n) is 3.22. The Morgan fingerprint density at radius 2 is 2.00 bits per heavy atom. The number of nitrogens with zero attached hydrogens (tertiary/aromatic N) is 1. The van der Waals surface area contributed by atoms with Gasteiger partial charge in [-0.25, -0.2) is 0 Å². The molecule has 0 aliphatic heterocycles. The van der Waals surface area contributed by atoms with Crippen molar-refractivity contribution in [3.05, 3.63) is 61.4 Å². The van der Waals surface area contributed by atoms with Gasteiger partial charge in [0, 0.05) is 9.77 Å². The first-order valence-electron chi connectivity index (χ1n) is 6.49. The van der Waals surface area contributed by atoms with Crippen LogP contribution in [-0.2, 0) is 19.0 Å². The number of nitrogens with two attached hydrogens (primary N) is 1. The van der Waals surface area contributed by atoms with Crippen molar-refractivity contribution in [1.29, 1.82) is 0 Å². The van der Waals surface area contributed by atoms with Gasteiger partial charge in [0.1, 0.15) is 0 Å². The van der Waals surface area contributed by atoms with Gasteiger partial charge in [-0.3, -0.25) is 9.78 Å². The van der Waals surface area contributed by atoms with E-state index in [9.17, 15) is 18.0 Å². The third kappa shape index (κ3) is 4.35. The summed E-state index contributed by atoms with van der Waals surface area (Å²) in [6.45, 7) is 0. The summed E-state index contributed by atoms with van der Waals surface area (Å²) in [5, 5.41) is -0.0270. The number of aromatic nitrogens is 1. The van der Waals surface area contributed by atoms with Crippen LogP contribution in [0.4, 0.5) is 13.2 Å². The number of benzene rings is 1. The second-order valence-electron chi connectivity index (χ2n) is 4.79. The van der Waals surface area contributed by atoms with E-state index in [1.165, 1.54) is 0 Å². The number of hydrogen-bond donors (Lipinski definition) is 1. The molecule has 122 valence electrons. The van der Waals surface area contributed by atoms with Gasteiger partial charge < -0.3 is 5.73 Å². The molecule has 0 saturated carbocycles. The van der Waals surface area contributed by atoms with E-state index in [-0.39, 0.29) is 5.02 Å². The van der Waals surface area contributed by atoms with Crippen LogP contribution in [0.25, 0.3) is 0 Å². The molecule has 0 radical (unpaired) electrons. The van der Waals surface area contributed by atoms with Crippen LogP contribution in [0.3, 0.4) is 0 Å². The first-order chi connectivity index (χ1) is 10.7. The van der Waals surface area contributed by atoms with Crippen molar-refractivity contribution < 1.29 is 18.0 Å². The van der Waals surface area contributed by atoms with Crippen molar-refractivity contribution in [1.82, 2.24) is 4.98 Å². The lowest BCUT2D eigenvalue weighted by Crippen LogP contribution is -2.14. The maximum Gasteiger partial charge on any atom is 0.417 e. The van der Waals surface area contributed by atoms with Crippen LogP contribution in [0.15, 0.2) is 30.5 Å². The number of amides is 1. The SMILES string of the molecule is NC(=O)c1cccc(CCc2ncc(C(F)(F)F)cc2Cl)c1I. The smallest absolute Gasteiger partial charge is 0.366 e. The fraction of sp³-hybridized carbons (Fsp3) is 0.200. The highest BCUT2D eigenvalue weighted by molar-refractivity contribution is 14.1. The number of rotatable bonds is 4. The van der Waals surface area contributed by atoms with Gasteiger partial charge in [0.05, 0.1) is 21.8 Å². The molecule has 0 aliphatic rings. The van der Waals surface area contributed by atoms with E-state index in [4.69, 9.17) is 17.3 Å². The molecule has 0 saturated heterocycles. The van der Waals surface area contributed by atoms with E-state index in [0.717, 1.165) is 21.4 Å². The Balaban J connectivity index is 2.19. The van der Waals surface area contributed by atoms with Crippen LogP contribution >= 0.6 is 34.2 Å². The van der Waals surface area contributed by atoms with Gasteiger partial charge in [0.15, 0.2) is 0 Å². The molecule has 1 aromatic carbocycles. The Morgan fingerprint density at radius 3 is 2.57 bits per heavy atom. The number of halogens is 5. The molecule has 2 rings (SSSR count). The molecule has 1 heterocycles. The Bertz CT molecular complexity index is 750. The molecule has 2 N–H and O–H groups in total. The molecule has 3 nitrogen and oxygen atoms in total. The number of pyridine rings is 1.